The Labute approximate surface area is 112 Å². The Morgan fingerprint density at radius 2 is 1.78 bits per heavy atom. The molecule has 0 bridgehead atoms. The number of nitrogens with two attached hydrogens (primary N) is 1. The van der Waals surface area contributed by atoms with Crippen LogP contribution < -0.4 is 5.73 Å². The first-order valence-electron chi connectivity index (χ1n) is 7.61. The topological polar surface area (TPSA) is 26.0 Å². The molecule has 0 spiro atoms. The van der Waals surface area contributed by atoms with Gasteiger partial charge in [0, 0.05) is 6.04 Å². The van der Waals surface area contributed by atoms with E-state index in [-0.39, 0.29) is 6.04 Å². The molecule has 1 nitrogen and oxygen atoms in total. The predicted octanol–water partition coefficient (Wildman–Crippen LogP) is 4.39. The maximum absolute atomic E-state index is 6.39. The molecule has 1 aromatic rings. The molecule has 1 fully saturated rings. The molecule has 2 rings (SSSR count). The maximum Gasteiger partial charge on any atom is 0.0297 e. The number of benzene rings is 1. The second-order valence-electron chi connectivity index (χ2n) is 5.73. The standard InChI is InChI=1S/C17H27N/c1-3-14-9-10-16(12-15(14)4-2)17(18)11-13-7-5-6-8-13/h9-10,12-13,17H,3-8,11,18H2,1-2H3. The third-order valence-corrected chi connectivity index (χ3v) is 4.48. The van der Waals surface area contributed by atoms with Crippen molar-refractivity contribution >= 4 is 0 Å². The van der Waals surface area contributed by atoms with E-state index in [2.05, 4.69) is 32.0 Å². The van der Waals surface area contributed by atoms with Crippen molar-refractivity contribution in [3.63, 3.8) is 0 Å². The van der Waals surface area contributed by atoms with Gasteiger partial charge in [-0.25, -0.2) is 0 Å². The highest BCUT2D eigenvalue weighted by Gasteiger charge is 2.19. The molecule has 1 aliphatic rings. The average molecular weight is 245 g/mol. The van der Waals surface area contributed by atoms with Crippen LogP contribution in [-0.4, -0.2) is 0 Å². The van der Waals surface area contributed by atoms with Crippen molar-refractivity contribution in [3.05, 3.63) is 34.9 Å². The molecule has 0 radical (unpaired) electrons. The van der Waals surface area contributed by atoms with Crippen LogP contribution in [0.25, 0.3) is 0 Å². The molecule has 2 N–H and O–H groups in total. The van der Waals surface area contributed by atoms with E-state index in [1.165, 1.54) is 48.8 Å². The summed E-state index contributed by atoms with van der Waals surface area (Å²) in [5.41, 5.74) is 10.7. The lowest BCUT2D eigenvalue weighted by molar-refractivity contribution is 0.450. The van der Waals surface area contributed by atoms with Gasteiger partial charge in [-0.2, -0.15) is 0 Å². The lowest BCUT2D eigenvalue weighted by atomic mass is 9.91. The van der Waals surface area contributed by atoms with Crippen molar-refractivity contribution in [1.29, 1.82) is 0 Å². The van der Waals surface area contributed by atoms with E-state index >= 15 is 0 Å². The van der Waals surface area contributed by atoms with E-state index in [0.717, 1.165) is 18.8 Å². The van der Waals surface area contributed by atoms with Crippen LogP contribution in [0.5, 0.6) is 0 Å². The van der Waals surface area contributed by atoms with E-state index in [0.29, 0.717) is 0 Å². The number of hydrogen-bond donors (Lipinski definition) is 1. The second-order valence-corrected chi connectivity index (χ2v) is 5.73. The molecule has 0 aromatic heterocycles. The molecule has 1 saturated carbocycles. The number of hydrogen-bond acceptors (Lipinski definition) is 1. The lowest BCUT2D eigenvalue weighted by Gasteiger charge is -2.18. The van der Waals surface area contributed by atoms with E-state index in [4.69, 9.17) is 5.73 Å². The predicted molar refractivity (Wildman–Crippen MR) is 78.7 cm³/mol. The summed E-state index contributed by atoms with van der Waals surface area (Å²) in [5, 5.41) is 0. The Hall–Kier alpha value is -0.820. The smallest absolute Gasteiger partial charge is 0.0297 e. The summed E-state index contributed by atoms with van der Waals surface area (Å²) in [7, 11) is 0. The summed E-state index contributed by atoms with van der Waals surface area (Å²) in [6.07, 6.45) is 9.02. The molecule has 100 valence electrons. The lowest BCUT2D eigenvalue weighted by Crippen LogP contribution is -2.14. The second kappa shape index (κ2) is 6.38. The minimum Gasteiger partial charge on any atom is -0.324 e. The van der Waals surface area contributed by atoms with Gasteiger partial charge in [0.2, 0.25) is 0 Å². The fraction of sp³-hybridized carbons (Fsp3) is 0.647. The van der Waals surface area contributed by atoms with Crippen LogP contribution in [0.3, 0.4) is 0 Å². The largest absolute Gasteiger partial charge is 0.324 e. The fourth-order valence-electron chi connectivity index (χ4n) is 3.29. The molecule has 1 aromatic carbocycles. The van der Waals surface area contributed by atoms with Gasteiger partial charge in [-0.3, -0.25) is 0 Å². The normalized spacial score (nSPS) is 18.2. The summed E-state index contributed by atoms with van der Waals surface area (Å²) >= 11 is 0. The Morgan fingerprint density at radius 1 is 1.11 bits per heavy atom. The van der Waals surface area contributed by atoms with Crippen molar-refractivity contribution in [3.8, 4) is 0 Å². The molecule has 0 saturated heterocycles. The number of rotatable bonds is 5. The summed E-state index contributed by atoms with van der Waals surface area (Å²) in [4.78, 5) is 0. The van der Waals surface area contributed by atoms with Crippen molar-refractivity contribution in [2.45, 2.75) is 64.8 Å². The molecule has 0 aliphatic heterocycles. The van der Waals surface area contributed by atoms with Gasteiger partial charge in [-0.1, -0.05) is 57.7 Å². The van der Waals surface area contributed by atoms with Gasteiger partial charge in [0.1, 0.15) is 0 Å². The van der Waals surface area contributed by atoms with Gasteiger partial charge in [-0.15, -0.1) is 0 Å². The molecule has 1 unspecified atom stereocenters. The van der Waals surface area contributed by atoms with E-state index in [1.807, 2.05) is 0 Å². The molecule has 1 atom stereocenters. The molecule has 0 amide bonds. The van der Waals surface area contributed by atoms with Crippen molar-refractivity contribution in [1.82, 2.24) is 0 Å². The van der Waals surface area contributed by atoms with E-state index in [9.17, 15) is 0 Å². The zero-order valence-corrected chi connectivity index (χ0v) is 11.9. The molecular formula is C17H27N. The summed E-state index contributed by atoms with van der Waals surface area (Å²) < 4.78 is 0. The van der Waals surface area contributed by atoms with Crippen LogP contribution in [0.1, 0.15) is 68.7 Å². The highest BCUT2D eigenvalue weighted by molar-refractivity contribution is 5.33. The minimum atomic E-state index is 0.240. The van der Waals surface area contributed by atoms with Gasteiger partial charge in [0.25, 0.3) is 0 Å². The van der Waals surface area contributed by atoms with Gasteiger partial charge in [-0.05, 0) is 41.9 Å². The van der Waals surface area contributed by atoms with Crippen LogP contribution in [-0.2, 0) is 12.8 Å². The monoisotopic (exact) mass is 245 g/mol. The van der Waals surface area contributed by atoms with Crippen molar-refractivity contribution < 1.29 is 0 Å². The van der Waals surface area contributed by atoms with Gasteiger partial charge >= 0.3 is 0 Å². The van der Waals surface area contributed by atoms with Gasteiger partial charge in [0.05, 0.1) is 0 Å². The Morgan fingerprint density at radius 3 is 2.39 bits per heavy atom. The quantitative estimate of drug-likeness (QED) is 0.818. The Balaban J connectivity index is 2.06. The third-order valence-electron chi connectivity index (χ3n) is 4.48. The SMILES string of the molecule is CCc1ccc(C(N)CC2CCCC2)cc1CC. The molecule has 18 heavy (non-hydrogen) atoms. The Bertz CT molecular complexity index is 377. The van der Waals surface area contributed by atoms with Gasteiger partial charge < -0.3 is 5.73 Å². The van der Waals surface area contributed by atoms with Gasteiger partial charge in [0.15, 0.2) is 0 Å². The summed E-state index contributed by atoms with van der Waals surface area (Å²) in [6.45, 7) is 4.47. The van der Waals surface area contributed by atoms with Crippen molar-refractivity contribution in [2.75, 3.05) is 0 Å². The molecule has 1 heteroatoms. The highest BCUT2D eigenvalue weighted by atomic mass is 14.6. The van der Waals surface area contributed by atoms with Crippen molar-refractivity contribution in [2.24, 2.45) is 11.7 Å². The molecule has 1 aliphatic carbocycles. The van der Waals surface area contributed by atoms with Crippen LogP contribution in [0.15, 0.2) is 18.2 Å². The molecular weight excluding hydrogens is 218 g/mol. The first kappa shape index (κ1) is 13.6. The summed E-state index contributed by atoms with van der Waals surface area (Å²) in [5.74, 6) is 0.871. The maximum atomic E-state index is 6.39. The van der Waals surface area contributed by atoms with Crippen LogP contribution in [0.4, 0.5) is 0 Å². The zero-order chi connectivity index (χ0) is 13.0. The average Bonchev–Trinajstić information content (AvgIpc) is 2.90. The first-order chi connectivity index (χ1) is 8.74. The Kier molecular flexibility index (Phi) is 4.82. The minimum absolute atomic E-state index is 0.240. The molecule has 0 heterocycles. The van der Waals surface area contributed by atoms with E-state index < -0.39 is 0 Å². The number of aryl methyl sites for hydroxylation is 2. The third kappa shape index (κ3) is 3.14. The van der Waals surface area contributed by atoms with Crippen LogP contribution in [0, 0.1) is 5.92 Å². The summed E-state index contributed by atoms with van der Waals surface area (Å²) in [6, 6.07) is 7.11. The van der Waals surface area contributed by atoms with E-state index in [1.54, 1.807) is 0 Å². The fourth-order valence-corrected chi connectivity index (χ4v) is 3.29. The zero-order valence-electron chi connectivity index (χ0n) is 11.9. The highest BCUT2D eigenvalue weighted by Crippen LogP contribution is 2.32. The van der Waals surface area contributed by atoms with Crippen LogP contribution in [0.2, 0.25) is 0 Å². The first-order valence-corrected chi connectivity index (χ1v) is 7.61. The van der Waals surface area contributed by atoms with Crippen LogP contribution >= 0.6 is 0 Å².